The fourth-order valence-electron chi connectivity index (χ4n) is 2.30. The highest BCUT2D eigenvalue weighted by molar-refractivity contribution is 6.06. The van der Waals surface area contributed by atoms with Crippen LogP contribution in [0.1, 0.15) is 31.1 Å². The Morgan fingerprint density at radius 3 is 2.29 bits per heavy atom. The predicted octanol–water partition coefficient (Wildman–Crippen LogP) is 4.44. The van der Waals surface area contributed by atoms with E-state index < -0.39 is 23.4 Å². The van der Waals surface area contributed by atoms with E-state index in [1.165, 1.54) is 26.4 Å². The molecule has 0 heterocycles. The van der Waals surface area contributed by atoms with Crippen LogP contribution in [0, 0.1) is 5.82 Å². The lowest BCUT2D eigenvalue weighted by Gasteiger charge is -2.20. The third-order valence-corrected chi connectivity index (χ3v) is 3.51. The molecule has 2 N–H and O–H groups in total. The van der Waals surface area contributed by atoms with E-state index in [0.717, 1.165) is 6.07 Å². The first-order valence-electron chi connectivity index (χ1n) is 8.46. The lowest BCUT2D eigenvalue weighted by molar-refractivity contribution is 0.0635. The van der Waals surface area contributed by atoms with Gasteiger partial charge in [0.2, 0.25) is 0 Å². The van der Waals surface area contributed by atoms with Crippen LogP contribution in [0.15, 0.2) is 36.4 Å². The van der Waals surface area contributed by atoms with Crippen LogP contribution in [0.4, 0.5) is 20.6 Å². The highest BCUT2D eigenvalue weighted by Crippen LogP contribution is 2.26. The Labute approximate surface area is 162 Å². The molecular weight excluding hydrogens is 367 g/mol. The second-order valence-electron chi connectivity index (χ2n) is 6.84. The summed E-state index contributed by atoms with van der Waals surface area (Å²) in [4.78, 5) is 24.4. The molecule has 0 bridgehead atoms. The SMILES string of the molecule is COc1ccc(C(=O)Nc2ccc(F)c(NC(=O)OC(C)(C)C)c2)c(OC)c1. The van der Waals surface area contributed by atoms with E-state index in [9.17, 15) is 14.0 Å². The van der Waals surface area contributed by atoms with Crippen molar-refractivity contribution in [2.75, 3.05) is 24.9 Å². The lowest BCUT2D eigenvalue weighted by atomic mass is 10.1. The van der Waals surface area contributed by atoms with E-state index in [2.05, 4.69) is 10.6 Å². The zero-order valence-corrected chi connectivity index (χ0v) is 16.4. The van der Waals surface area contributed by atoms with Gasteiger partial charge >= 0.3 is 6.09 Å². The first-order valence-corrected chi connectivity index (χ1v) is 8.46. The average molecular weight is 390 g/mol. The van der Waals surface area contributed by atoms with Crippen molar-refractivity contribution in [1.29, 1.82) is 0 Å². The number of anilines is 2. The summed E-state index contributed by atoms with van der Waals surface area (Å²) in [6.07, 6.45) is -0.799. The summed E-state index contributed by atoms with van der Waals surface area (Å²) in [5.74, 6) is -0.259. The molecule has 28 heavy (non-hydrogen) atoms. The number of benzene rings is 2. The van der Waals surface area contributed by atoms with Crippen LogP contribution in [-0.2, 0) is 4.74 Å². The number of carbonyl (C=O) groups is 2. The van der Waals surface area contributed by atoms with Gasteiger partial charge in [0.15, 0.2) is 0 Å². The Morgan fingerprint density at radius 1 is 0.964 bits per heavy atom. The van der Waals surface area contributed by atoms with Crippen LogP contribution in [0.25, 0.3) is 0 Å². The molecule has 2 aromatic rings. The number of nitrogens with one attached hydrogen (secondary N) is 2. The quantitative estimate of drug-likeness (QED) is 0.788. The van der Waals surface area contributed by atoms with Crippen molar-refractivity contribution in [1.82, 2.24) is 0 Å². The normalized spacial score (nSPS) is 10.8. The number of hydrogen-bond acceptors (Lipinski definition) is 5. The van der Waals surface area contributed by atoms with Gasteiger partial charge in [-0.3, -0.25) is 10.1 Å². The Kier molecular flexibility index (Phi) is 6.45. The van der Waals surface area contributed by atoms with Gasteiger partial charge in [-0.25, -0.2) is 9.18 Å². The third-order valence-electron chi connectivity index (χ3n) is 3.51. The molecule has 0 saturated heterocycles. The van der Waals surface area contributed by atoms with Crippen LogP contribution in [0.5, 0.6) is 11.5 Å². The van der Waals surface area contributed by atoms with Gasteiger partial charge in [0.25, 0.3) is 5.91 Å². The Balaban J connectivity index is 2.19. The van der Waals surface area contributed by atoms with Crippen molar-refractivity contribution in [2.45, 2.75) is 26.4 Å². The molecule has 0 aromatic heterocycles. The Morgan fingerprint density at radius 2 is 1.68 bits per heavy atom. The van der Waals surface area contributed by atoms with Gasteiger partial charge in [-0.1, -0.05) is 0 Å². The fourth-order valence-corrected chi connectivity index (χ4v) is 2.30. The number of carbonyl (C=O) groups excluding carboxylic acids is 2. The largest absolute Gasteiger partial charge is 0.497 e. The molecule has 2 amide bonds. The van der Waals surface area contributed by atoms with Gasteiger partial charge < -0.3 is 19.5 Å². The molecule has 8 heteroatoms. The van der Waals surface area contributed by atoms with Gasteiger partial charge in [0, 0.05) is 11.8 Å². The lowest BCUT2D eigenvalue weighted by Crippen LogP contribution is -2.27. The number of rotatable bonds is 5. The molecule has 0 atom stereocenters. The minimum atomic E-state index is -0.799. The molecule has 0 aliphatic carbocycles. The average Bonchev–Trinajstić information content (AvgIpc) is 2.62. The highest BCUT2D eigenvalue weighted by Gasteiger charge is 2.18. The minimum absolute atomic E-state index is 0.117. The summed E-state index contributed by atoms with van der Waals surface area (Å²) < 4.78 is 29.4. The second-order valence-corrected chi connectivity index (χ2v) is 6.84. The summed E-state index contributed by atoms with van der Waals surface area (Å²) >= 11 is 0. The molecule has 0 spiro atoms. The zero-order valence-electron chi connectivity index (χ0n) is 16.4. The predicted molar refractivity (Wildman–Crippen MR) is 104 cm³/mol. The molecular formula is C20H23FN2O5. The van der Waals surface area contributed by atoms with Gasteiger partial charge in [-0.05, 0) is 51.1 Å². The van der Waals surface area contributed by atoms with E-state index in [-0.39, 0.29) is 16.9 Å². The van der Waals surface area contributed by atoms with Crippen molar-refractivity contribution in [3.8, 4) is 11.5 Å². The molecule has 0 fully saturated rings. The van der Waals surface area contributed by atoms with Crippen LogP contribution in [0.2, 0.25) is 0 Å². The van der Waals surface area contributed by atoms with Gasteiger partial charge in [0.05, 0.1) is 25.5 Å². The molecule has 150 valence electrons. The number of halogens is 1. The summed E-state index contributed by atoms with van der Waals surface area (Å²) in [6, 6.07) is 8.56. The number of amides is 2. The molecule has 0 unspecified atom stereocenters. The molecule has 0 aliphatic heterocycles. The number of ether oxygens (including phenoxy) is 3. The zero-order chi connectivity index (χ0) is 20.9. The van der Waals surface area contributed by atoms with Crippen molar-refractivity contribution in [2.24, 2.45) is 0 Å². The van der Waals surface area contributed by atoms with Gasteiger partial charge in [-0.2, -0.15) is 0 Å². The van der Waals surface area contributed by atoms with Crippen molar-refractivity contribution < 1.29 is 28.2 Å². The summed E-state index contributed by atoms with van der Waals surface area (Å²) in [6.45, 7) is 5.09. The van der Waals surface area contributed by atoms with Crippen molar-refractivity contribution in [3.63, 3.8) is 0 Å². The standard InChI is InChI=1S/C20H23FN2O5/c1-20(2,3)28-19(25)23-16-10-12(6-9-15(16)21)22-18(24)14-8-7-13(26-4)11-17(14)27-5/h6-11H,1-5H3,(H,22,24)(H,23,25). The van der Waals surface area contributed by atoms with Crippen LogP contribution >= 0.6 is 0 Å². The van der Waals surface area contributed by atoms with E-state index >= 15 is 0 Å². The Hall–Kier alpha value is -3.29. The maximum Gasteiger partial charge on any atom is 0.412 e. The van der Waals surface area contributed by atoms with Gasteiger partial charge in [-0.15, -0.1) is 0 Å². The summed E-state index contributed by atoms with van der Waals surface area (Å²) in [5, 5.41) is 4.97. The number of hydrogen-bond donors (Lipinski definition) is 2. The molecule has 2 rings (SSSR count). The monoisotopic (exact) mass is 390 g/mol. The highest BCUT2D eigenvalue weighted by atomic mass is 19.1. The molecule has 0 aliphatic rings. The molecule has 2 aromatic carbocycles. The Bertz CT molecular complexity index is 877. The van der Waals surface area contributed by atoms with Gasteiger partial charge in [0.1, 0.15) is 22.9 Å². The first kappa shape index (κ1) is 21.0. The topological polar surface area (TPSA) is 85.9 Å². The van der Waals surface area contributed by atoms with E-state index in [1.54, 1.807) is 39.0 Å². The van der Waals surface area contributed by atoms with E-state index in [1.807, 2.05) is 0 Å². The summed E-state index contributed by atoms with van der Waals surface area (Å²) in [5.41, 5.74) is -0.282. The minimum Gasteiger partial charge on any atom is -0.497 e. The van der Waals surface area contributed by atoms with Crippen LogP contribution in [0.3, 0.4) is 0 Å². The number of methoxy groups -OCH3 is 2. The molecule has 7 nitrogen and oxygen atoms in total. The maximum atomic E-state index is 14.0. The van der Waals surface area contributed by atoms with Crippen LogP contribution in [-0.4, -0.2) is 31.8 Å². The van der Waals surface area contributed by atoms with Crippen molar-refractivity contribution in [3.05, 3.63) is 47.8 Å². The fraction of sp³-hybridized carbons (Fsp3) is 0.300. The van der Waals surface area contributed by atoms with E-state index in [0.29, 0.717) is 11.5 Å². The first-order chi connectivity index (χ1) is 13.1. The molecule has 0 radical (unpaired) electrons. The van der Waals surface area contributed by atoms with Crippen LogP contribution < -0.4 is 20.1 Å². The summed E-state index contributed by atoms with van der Waals surface area (Å²) in [7, 11) is 2.94. The van der Waals surface area contributed by atoms with E-state index in [4.69, 9.17) is 14.2 Å². The maximum absolute atomic E-state index is 14.0. The molecule has 0 saturated carbocycles. The third kappa shape index (κ3) is 5.60. The van der Waals surface area contributed by atoms with Crippen molar-refractivity contribution >= 4 is 23.4 Å². The second kappa shape index (κ2) is 8.60. The smallest absolute Gasteiger partial charge is 0.412 e.